The van der Waals surface area contributed by atoms with Crippen molar-refractivity contribution in [1.29, 1.82) is 0 Å². The Bertz CT molecular complexity index is 640. The van der Waals surface area contributed by atoms with Gasteiger partial charge in [0.2, 0.25) is 11.8 Å². The second-order valence-electron chi connectivity index (χ2n) is 6.97. The number of benzene rings is 1. The van der Waals surface area contributed by atoms with Crippen LogP contribution in [0.15, 0.2) is 42.5 Å². The van der Waals surface area contributed by atoms with Gasteiger partial charge in [0.05, 0.1) is 18.4 Å². The molecule has 21 heavy (non-hydrogen) atoms. The Morgan fingerprint density at radius 1 is 0.952 bits per heavy atom. The highest BCUT2D eigenvalue weighted by molar-refractivity contribution is 6.06. The highest BCUT2D eigenvalue weighted by atomic mass is 16.2. The van der Waals surface area contributed by atoms with E-state index in [-0.39, 0.29) is 23.7 Å². The molecule has 1 heterocycles. The summed E-state index contributed by atoms with van der Waals surface area (Å²) >= 11 is 0. The van der Waals surface area contributed by atoms with E-state index in [4.69, 9.17) is 0 Å². The Morgan fingerprint density at radius 2 is 1.52 bits per heavy atom. The molecule has 0 aromatic heterocycles. The summed E-state index contributed by atoms with van der Waals surface area (Å²) in [5.74, 6) is 0.640. The van der Waals surface area contributed by atoms with Crippen molar-refractivity contribution in [3.05, 3.63) is 48.0 Å². The Morgan fingerprint density at radius 3 is 2.05 bits per heavy atom. The Balaban J connectivity index is 1.48. The van der Waals surface area contributed by atoms with Crippen molar-refractivity contribution in [3.63, 3.8) is 0 Å². The number of allylic oxidation sites excluding steroid dienone is 2. The fourth-order valence-corrected chi connectivity index (χ4v) is 5.06. The number of nitrogens with zero attached hydrogens (tertiary/aromatic N) is 1. The third-order valence-electron chi connectivity index (χ3n) is 6.13. The van der Waals surface area contributed by atoms with Crippen molar-refractivity contribution in [2.45, 2.75) is 19.4 Å². The molecule has 106 valence electrons. The molecule has 1 saturated heterocycles. The second kappa shape index (κ2) is 3.65. The summed E-state index contributed by atoms with van der Waals surface area (Å²) in [6, 6.07) is 9.80. The lowest BCUT2D eigenvalue weighted by atomic mass is 9.85. The van der Waals surface area contributed by atoms with E-state index in [0.717, 1.165) is 5.56 Å². The quantitative estimate of drug-likeness (QED) is 0.616. The molecule has 0 radical (unpaired) electrons. The maximum atomic E-state index is 12.8. The van der Waals surface area contributed by atoms with E-state index in [1.807, 2.05) is 30.3 Å². The number of amides is 2. The van der Waals surface area contributed by atoms with E-state index in [1.165, 1.54) is 17.7 Å². The molecule has 1 aromatic carbocycles. The highest BCUT2D eigenvalue weighted by Crippen LogP contribution is 2.73. The molecule has 2 saturated carbocycles. The van der Waals surface area contributed by atoms with Gasteiger partial charge in [-0.2, -0.15) is 0 Å². The number of carbonyl (C=O) groups is 2. The van der Waals surface area contributed by atoms with Crippen LogP contribution in [0, 0.1) is 29.1 Å². The van der Waals surface area contributed by atoms with Crippen LogP contribution in [0.4, 0.5) is 0 Å². The standard InChI is InChI=1S/C18H17NO2/c20-16-14-12-6-7-13(18(12)8-9-18)15(14)17(21)19(16)10-11-4-2-1-3-5-11/h1-7,12-15H,8-10H2/t12-,13-,14-,15+/m0/s1. The Kier molecular flexibility index (Phi) is 2.04. The van der Waals surface area contributed by atoms with Crippen LogP contribution in [0.25, 0.3) is 0 Å². The van der Waals surface area contributed by atoms with Crippen molar-refractivity contribution >= 4 is 11.8 Å². The Labute approximate surface area is 123 Å². The zero-order valence-corrected chi connectivity index (χ0v) is 11.7. The minimum Gasteiger partial charge on any atom is -0.278 e. The molecular formula is C18H17NO2. The number of imide groups is 1. The van der Waals surface area contributed by atoms with Crippen LogP contribution in [0.5, 0.6) is 0 Å². The van der Waals surface area contributed by atoms with Gasteiger partial charge in [-0.25, -0.2) is 0 Å². The molecule has 3 fully saturated rings. The minimum atomic E-state index is -0.0706. The molecule has 0 N–H and O–H groups in total. The van der Waals surface area contributed by atoms with Gasteiger partial charge in [0.1, 0.15) is 0 Å². The van der Waals surface area contributed by atoms with Gasteiger partial charge in [-0.3, -0.25) is 14.5 Å². The first-order chi connectivity index (χ1) is 10.2. The first-order valence-corrected chi connectivity index (χ1v) is 7.80. The smallest absolute Gasteiger partial charge is 0.234 e. The van der Waals surface area contributed by atoms with E-state index in [0.29, 0.717) is 23.8 Å². The second-order valence-corrected chi connectivity index (χ2v) is 6.97. The molecule has 3 aliphatic carbocycles. The number of hydrogen-bond donors (Lipinski definition) is 0. The summed E-state index contributed by atoms with van der Waals surface area (Å²) in [6.45, 7) is 0.429. The first-order valence-electron chi connectivity index (χ1n) is 7.80. The van der Waals surface area contributed by atoms with Crippen LogP contribution in [-0.2, 0) is 16.1 Å². The van der Waals surface area contributed by atoms with E-state index in [1.54, 1.807) is 0 Å². The third-order valence-corrected chi connectivity index (χ3v) is 6.13. The molecule has 1 aromatic rings. The summed E-state index contributed by atoms with van der Waals surface area (Å²) in [5.41, 5.74) is 1.32. The first kappa shape index (κ1) is 11.7. The number of carbonyl (C=O) groups excluding carboxylic acids is 2. The van der Waals surface area contributed by atoms with Crippen LogP contribution in [0.3, 0.4) is 0 Å². The maximum absolute atomic E-state index is 12.8. The molecule has 5 rings (SSSR count). The monoisotopic (exact) mass is 279 g/mol. The number of fused-ring (bicyclic) bond motifs is 3. The third kappa shape index (κ3) is 1.30. The van der Waals surface area contributed by atoms with E-state index in [9.17, 15) is 9.59 Å². The van der Waals surface area contributed by atoms with Gasteiger partial charge in [0.15, 0.2) is 0 Å². The van der Waals surface area contributed by atoms with Crippen LogP contribution >= 0.6 is 0 Å². The van der Waals surface area contributed by atoms with Crippen molar-refractivity contribution in [3.8, 4) is 0 Å². The molecule has 4 atom stereocenters. The summed E-state index contributed by atoms with van der Waals surface area (Å²) in [6.07, 6.45) is 6.83. The lowest BCUT2D eigenvalue weighted by Crippen LogP contribution is -2.34. The molecule has 2 bridgehead atoms. The fraction of sp³-hybridized carbons (Fsp3) is 0.444. The van der Waals surface area contributed by atoms with Gasteiger partial charge in [-0.15, -0.1) is 0 Å². The van der Waals surface area contributed by atoms with E-state index >= 15 is 0 Å². The summed E-state index contributed by atoms with van der Waals surface area (Å²) in [7, 11) is 0. The van der Waals surface area contributed by atoms with Crippen molar-refractivity contribution in [1.82, 2.24) is 4.90 Å². The minimum absolute atomic E-state index is 0.0666. The summed E-state index contributed by atoms with van der Waals surface area (Å²) < 4.78 is 0. The van der Waals surface area contributed by atoms with Gasteiger partial charge in [0.25, 0.3) is 0 Å². The van der Waals surface area contributed by atoms with Crippen molar-refractivity contribution in [2.24, 2.45) is 29.1 Å². The number of likely N-dealkylation sites (tertiary alicyclic amines) is 1. The highest BCUT2D eigenvalue weighted by Gasteiger charge is 2.73. The van der Waals surface area contributed by atoms with Crippen LogP contribution in [0.2, 0.25) is 0 Å². The molecule has 2 amide bonds. The van der Waals surface area contributed by atoms with Crippen LogP contribution < -0.4 is 0 Å². The molecule has 3 nitrogen and oxygen atoms in total. The zero-order valence-electron chi connectivity index (χ0n) is 11.7. The number of hydrogen-bond acceptors (Lipinski definition) is 2. The molecular weight excluding hydrogens is 262 g/mol. The molecule has 0 unspecified atom stereocenters. The predicted molar refractivity (Wildman–Crippen MR) is 76.8 cm³/mol. The summed E-state index contributed by atoms with van der Waals surface area (Å²) in [4.78, 5) is 27.1. The van der Waals surface area contributed by atoms with Crippen molar-refractivity contribution < 1.29 is 9.59 Å². The summed E-state index contributed by atoms with van der Waals surface area (Å²) in [5, 5.41) is 0. The topological polar surface area (TPSA) is 37.4 Å². The average Bonchev–Trinajstić information content (AvgIpc) is 3.11. The van der Waals surface area contributed by atoms with E-state index in [2.05, 4.69) is 12.2 Å². The average molecular weight is 279 g/mol. The van der Waals surface area contributed by atoms with Crippen LogP contribution in [-0.4, -0.2) is 16.7 Å². The van der Waals surface area contributed by atoms with Crippen LogP contribution in [0.1, 0.15) is 18.4 Å². The fourth-order valence-electron chi connectivity index (χ4n) is 5.06. The van der Waals surface area contributed by atoms with Gasteiger partial charge in [-0.05, 0) is 35.7 Å². The van der Waals surface area contributed by atoms with Gasteiger partial charge >= 0.3 is 0 Å². The number of rotatable bonds is 2. The molecule has 1 aliphatic heterocycles. The van der Waals surface area contributed by atoms with Gasteiger partial charge in [-0.1, -0.05) is 42.5 Å². The lowest BCUT2D eigenvalue weighted by molar-refractivity contribution is -0.141. The molecule has 1 spiro atoms. The van der Waals surface area contributed by atoms with Gasteiger partial charge < -0.3 is 0 Å². The maximum Gasteiger partial charge on any atom is 0.234 e. The predicted octanol–water partition coefficient (Wildman–Crippen LogP) is 2.38. The lowest BCUT2D eigenvalue weighted by Gasteiger charge is -2.21. The normalized spacial score (nSPS) is 37.6. The Hall–Kier alpha value is -1.90. The largest absolute Gasteiger partial charge is 0.278 e. The molecule has 3 heteroatoms. The molecule has 4 aliphatic rings. The van der Waals surface area contributed by atoms with E-state index < -0.39 is 0 Å². The van der Waals surface area contributed by atoms with Crippen molar-refractivity contribution in [2.75, 3.05) is 0 Å². The SMILES string of the molecule is O=C1[C@@H]2[C@H](C(=O)N1Cc1ccccc1)[C@@H]1C=C[C@@H]2C12CC2. The zero-order chi connectivity index (χ0) is 14.2. The van der Waals surface area contributed by atoms with Gasteiger partial charge in [0, 0.05) is 0 Å².